The van der Waals surface area contributed by atoms with E-state index in [2.05, 4.69) is 0 Å². The SMILES string of the molecule is C[C@]1(N=C(C(=O)c2ccccc2)C(=O)c2ccccc2)OC(c2ccccc2)=C(C(=O)c2ccccc2)[C@@H]1c1ccc([N+](=O)[O-])cc1. The van der Waals surface area contributed by atoms with Crippen molar-refractivity contribution in [1.29, 1.82) is 0 Å². The summed E-state index contributed by atoms with van der Waals surface area (Å²) >= 11 is 0. The van der Waals surface area contributed by atoms with Crippen LogP contribution in [0, 0.1) is 10.1 Å². The molecule has 0 bridgehead atoms. The van der Waals surface area contributed by atoms with Gasteiger partial charge in [-0.3, -0.25) is 24.5 Å². The van der Waals surface area contributed by atoms with Crippen molar-refractivity contribution in [3.05, 3.63) is 189 Å². The van der Waals surface area contributed by atoms with Gasteiger partial charge in [0.1, 0.15) is 5.76 Å². The first kappa shape index (κ1) is 30.7. The maximum Gasteiger partial charge on any atom is 0.269 e. The van der Waals surface area contributed by atoms with E-state index in [0.29, 0.717) is 16.7 Å². The van der Waals surface area contributed by atoms with Gasteiger partial charge in [-0.15, -0.1) is 0 Å². The van der Waals surface area contributed by atoms with Crippen LogP contribution in [-0.4, -0.2) is 33.7 Å². The maximum atomic E-state index is 14.4. The Morgan fingerprint density at radius 1 is 0.660 bits per heavy atom. The highest BCUT2D eigenvalue weighted by Gasteiger charge is 2.51. The quantitative estimate of drug-likeness (QED) is 0.0515. The summed E-state index contributed by atoms with van der Waals surface area (Å²) in [5.74, 6) is -2.33. The summed E-state index contributed by atoms with van der Waals surface area (Å²) in [6.07, 6.45) is 0. The van der Waals surface area contributed by atoms with Crippen LogP contribution in [0.1, 0.15) is 55.0 Å². The van der Waals surface area contributed by atoms with Crippen LogP contribution < -0.4 is 0 Å². The fourth-order valence-corrected chi connectivity index (χ4v) is 5.73. The summed E-state index contributed by atoms with van der Waals surface area (Å²) in [6, 6.07) is 40.2. The molecule has 8 heteroatoms. The topological polar surface area (TPSA) is 116 Å². The van der Waals surface area contributed by atoms with Crippen molar-refractivity contribution in [1.82, 2.24) is 0 Å². The minimum Gasteiger partial charge on any atom is -0.464 e. The normalized spacial score (nSPS) is 17.0. The van der Waals surface area contributed by atoms with Crippen LogP contribution in [0.25, 0.3) is 5.76 Å². The van der Waals surface area contributed by atoms with E-state index in [1.165, 1.54) is 12.1 Å². The molecule has 47 heavy (non-hydrogen) atoms. The molecule has 2 atom stereocenters. The monoisotopic (exact) mass is 620 g/mol. The molecular weight excluding hydrogens is 592 g/mol. The summed E-state index contributed by atoms with van der Waals surface area (Å²) in [7, 11) is 0. The second-order valence-electron chi connectivity index (χ2n) is 11.1. The molecule has 1 aliphatic rings. The molecule has 0 aliphatic carbocycles. The van der Waals surface area contributed by atoms with E-state index in [1.54, 1.807) is 134 Å². The Morgan fingerprint density at radius 3 is 1.57 bits per heavy atom. The zero-order valence-electron chi connectivity index (χ0n) is 25.3. The van der Waals surface area contributed by atoms with Crippen molar-refractivity contribution >= 4 is 34.5 Å². The predicted octanol–water partition coefficient (Wildman–Crippen LogP) is 7.93. The standard InChI is InChI=1S/C39H28N2O6/c1-39(40-34(36(43)28-16-8-3-9-17-28)37(44)29-18-10-4-11-19-29)33(26-22-24-31(25-23-26)41(45)46)32(35(42)27-14-6-2-7-15-27)38(47-39)30-20-12-5-13-21-30/h2-25,33H,1H3/t33-,39-/m0/s1. The summed E-state index contributed by atoms with van der Waals surface area (Å²) in [4.78, 5) is 58.5. The molecule has 0 N–H and O–H groups in total. The Balaban J connectivity index is 1.61. The van der Waals surface area contributed by atoms with Crippen LogP contribution in [0.3, 0.4) is 0 Å². The molecule has 1 heterocycles. The number of nitro groups is 1. The van der Waals surface area contributed by atoms with E-state index in [0.717, 1.165) is 0 Å². The van der Waals surface area contributed by atoms with Crippen LogP contribution in [-0.2, 0) is 4.74 Å². The molecule has 5 aromatic rings. The van der Waals surface area contributed by atoms with Crippen LogP contribution in [0.15, 0.2) is 156 Å². The zero-order valence-corrected chi connectivity index (χ0v) is 25.3. The third-order valence-electron chi connectivity index (χ3n) is 7.97. The number of aliphatic imine (C=N–C) groups is 1. The van der Waals surface area contributed by atoms with Gasteiger partial charge in [0.25, 0.3) is 5.69 Å². The third-order valence-corrected chi connectivity index (χ3v) is 7.97. The number of carbonyl (C=O) groups excluding carboxylic acids is 3. The molecule has 0 aromatic heterocycles. The van der Waals surface area contributed by atoms with Gasteiger partial charge < -0.3 is 4.74 Å². The highest BCUT2D eigenvalue weighted by Crippen LogP contribution is 2.51. The summed E-state index contributed by atoms with van der Waals surface area (Å²) in [5.41, 5.74) is -0.0410. The number of nitrogens with zero attached hydrogens (tertiary/aromatic N) is 2. The minimum atomic E-state index is -1.72. The largest absolute Gasteiger partial charge is 0.464 e. The van der Waals surface area contributed by atoms with Crippen molar-refractivity contribution in [2.75, 3.05) is 0 Å². The van der Waals surface area contributed by atoms with Crippen molar-refractivity contribution in [2.24, 2.45) is 4.99 Å². The lowest BCUT2D eigenvalue weighted by Crippen LogP contribution is -2.36. The smallest absolute Gasteiger partial charge is 0.269 e. The van der Waals surface area contributed by atoms with Gasteiger partial charge in [0.15, 0.2) is 11.5 Å². The van der Waals surface area contributed by atoms with Crippen LogP contribution in [0.2, 0.25) is 0 Å². The van der Waals surface area contributed by atoms with Crippen molar-refractivity contribution in [3.63, 3.8) is 0 Å². The van der Waals surface area contributed by atoms with Crippen molar-refractivity contribution in [3.8, 4) is 0 Å². The Bertz CT molecular complexity index is 1970. The summed E-state index contributed by atoms with van der Waals surface area (Å²) in [5, 5.41) is 11.5. The number of ketones is 3. The number of hydrogen-bond donors (Lipinski definition) is 0. The molecule has 8 nitrogen and oxygen atoms in total. The molecular formula is C39H28N2O6. The second kappa shape index (κ2) is 13.0. The molecule has 0 radical (unpaired) electrons. The van der Waals surface area contributed by atoms with Gasteiger partial charge in [-0.1, -0.05) is 133 Å². The number of ether oxygens (including phenoxy) is 1. The fourth-order valence-electron chi connectivity index (χ4n) is 5.73. The van der Waals surface area contributed by atoms with Crippen molar-refractivity contribution < 1.29 is 24.0 Å². The van der Waals surface area contributed by atoms with Gasteiger partial charge in [-0.25, -0.2) is 4.99 Å². The van der Waals surface area contributed by atoms with Gasteiger partial charge in [-0.05, 0) is 12.5 Å². The molecule has 5 aromatic carbocycles. The highest BCUT2D eigenvalue weighted by atomic mass is 16.6. The molecule has 0 fully saturated rings. The third kappa shape index (κ3) is 6.17. The lowest BCUT2D eigenvalue weighted by Gasteiger charge is -2.29. The molecule has 0 unspecified atom stereocenters. The van der Waals surface area contributed by atoms with E-state index in [9.17, 15) is 24.5 Å². The number of benzene rings is 5. The first-order valence-electron chi connectivity index (χ1n) is 14.9. The van der Waals surface area contributed by atoms with Gasteiger partial charge >= 0.3 is 0 Å². The number of rotatable bonds is 10. The first-order valence-corrected chi connectivity index (χ1v) is 14.9. The molecule has 1 aliphatic heterocycles. The molecule has 0 saturated carbocycles. The predicted molar refractivity (Wildman–Crippen MR) is 178 cm³/mol. The Morgan fingerprint density at radius 2 is 1.11 bits per heavy atom. The fraction of sp³-hybridized carbons (Fsp3) is 0.0769. The van der Waals surface area contributed by atoms with Gasteiger partial charge in [0.2, 0.25) is 17.3 Å². The van der Waals surface area contributed by atoms with Crippen LogP contribution in [0.5, 0.6) is 0 Å². The lowest BCUT2D eigenvalue weighted by atomic mass is 9.80. The zero-order chi connectivity index (χ0) is 33.0. The van der Waals surface area contributed by atoms with Gasteiger partial charge in [-0.2, -0.15) is 0 Å². The number of non-ortho nitro benzene ring substituents is 1. The average Bonchev–Trinajstić information content (AvgIpc) is 3.44. The van der Waals surface area contributed by atoms with E-state index in [4.69, 9.17) is 9.73 Å². The summed E-state index contributed by atoms with van der Waals surface area (Å²) < 4.78 is 6.67. The second-order valence-corrected chi connectivity index (χ2v) is 11.1. The minimum absolute atomic E-state index is 0.139. The van der Waals surface area contributed by atoms with E-state index in [-0.39, 0.29) is 39.6 Å². The van der Waals surface area contributed by atoms with E-state index < -0.39 is 28.1 Å². The Kier molecular flexibility index (Phi) is 8.49. The Hall–Kier alpha value is -6.28. The number of hydrogen-bond acceptors (Lipinski definition) is 7. The van der Waals surface area contributed by atoms with Crippen molar-refractivity contribution in [2.45, 2.75) is 18.6 Å². The first-order chi connectivity index (χ1) is 22.8. The molecule has 230 valence electrons. The van der Waals surface area contributed by atoms with Crippen LogP contribution in [0.4, 0.5) is 5.69 Å². The number of nitro benzene ring substituents is 1. The van der Waals surface area contributed by atoms with Crippen LogP contribution >= 0.6 is 0 Å². The molecule has 0 amide bonds. The summed E-state index contributed by atoms with van der Waals surface area (Å²) in [6.45, 7) is 1.61. The van der Waals surface area contributed by atoms with E-state index in [1.807, 2.05) is 6.07 Å². The highest BCUT2D eigenvalue weighted by molar-refractivity contribution is 6.72. The lowest BCUT2D eigenvalue weighted by molar-refractivity contribution is -0.384. The molecule has 6 rings (SSSR count). The molecule has 0 spiro atoms. The number of Topliss-reactive ketones (excluding diaryl/α,β-unsaturated/α-hetero) is 3. The number of carbonyl (C=O) groups is 3. The maximum absolute atomic E-state index is 14.4. The average molecular weight is 621 g/mol. The van der Waals surface area contributed by atoms with E-state index >= 15 is 0 Å². The van der Waals surface area contributed by atoms with Gasteiger partial charge in [0, 0.05) is 34.4 Å². The Labute approximate surface area is 270 Å². The van der Waals surface area contributed by atoms with Gasteiger partial charge in [0.05, 0.1) is 16.4 Å². The molecule has 0 saturated heterocycles.